The highest BCUT2D eigenvalue weighted by Gasteiger charge is 2.25. The second kappa shape index (κ2) is 7.73. The standard InChI is InChI=1S/C18H20ClN3O3S/c1-4-22-14-6-5-12(10(2)17(14)20-21-22)13(8-16(24)25-3)15-7-11(9-23)18(19)26-15/h5-7,13,23H,4,8-9H2,1-3H3/t13-/m1/s1. The van der Waals surface area contributed by atoms with Gasteiger partial charge in [-0.25, -0.2) is 4.68 Å². The van der Waals surface area contributed by atoms with Gasteiger partial charge in [0, 0.05) is 22.9 Å². The van der Waals surface area contributed by atoms with Crippen molar-refractivity contribution in [2.45, 2.75) is 39.3 Å². The molecular formula is C18H20ClN3O3S. The first-order chi connectivity index (χ1) is 12.5. The molecule has 0 fully saturated rings. The second-order valence-electron chi connectivity index (χ2n) is 5.99. The largest absolute Gasteiger partial charge is 0.469 e. The van der Waals surface area contributed by atoms with Crippen molar-refractivity contribution in [2.75, 3.05) is 7.11 Å². The van der Waals surface area contributed by atoms with Crippen molar-refractivity contribution in [2.24, 2.45) is 0 Å². The number of aromatic nitrogens is 3. The Balaban J connectivity index is 2.13. The number of rotatable bonds is 6. The Hall–Kier alpha value is -1.96. The van der Waals surface area contributed by atoms with Crippen molar-refractivity contribution in [1.29, 1.82) is 0 Å². The number of hydrogen-bond acceptors (Lipinski definition) is 6. The zero-order chi connectivity index (χ0) is 18.8. The van der Waals surface area contributed by atoms with E-state index in [0.717, 1.165) is 33.6 Å². The van der Waals surface area contributed by atoms with Crippen molar-refractivity contribution in [3.05, 3.63) is 44.1 Å². The van der Waals surface area contributed by atoms with Gasteiger partial charge in [-0.2, -0.15) is 0 Å². The number of carbonyl (C=O) groups excluding carboxylic acids is 1. The second-order valence-corrected chi connectivity index (χ2v) is 7.68. The van der Waals surface area contributed by atoms with Crippen LogP contribution in [0.15, 0.2) is 18.2 Å². The number of ether oxygens (including phenoxy) is 1. The number of fused-ring (bicyclic) bond motifs is 1. The van der Waals surface area contributed by atoms with Crippen molar-refractivity contribution < 1.29 is 14.6 Å². The van der Waals surface area contributed by atoms with E-state index < -0.39 is 0 Å². The maximum Gasteiger partial charge on any atom is 0.306 e. The molecular weight excluding hydrogens is 374 g/mol. The normalized spacial score (nSPS) is 12.5. The van der Waals surface area contributed by atoms with Crippen LogP contribution < -0.4 is 0 Å². The minimum absolute atomic E-state index is 0.136. The smallest absolute Gasteiger partial charge is 0.306 e. The molecule has 0 spiro atoms. The molecule has 0 saturated carbocycles. The van der Waals surface area contributed by atoms with Crippen LogP contribution in [0.3, 0.4) is 0 Å². The van der Waals surface area contributed by atoms with Crippen molar-refractivity contribution in [3.63, 3.8) is 0 Å². The molecule has 8 heteroatoms. The first kappa shape index (κ1) is 18.8. The summed E-state index contributed by atoms with van der Waals surface area (Å²) < 4.78 is 7.26. The molecule has 6 nitrogen and oxygen atoms in total. The zero-order valence-corrected chi connectivity index (χ0v) is 16.4. The Labute approximate surface area is 160 Å². The first-order valence-electron chi connectivity index (χ1n) is 8.28. The van der Waals surface area contributed by atoms with Gasteiger partial charge in [0.25, 0.3) is 0 Å². The van der Waals surface area contributed by atoms with Gasteiger partial charge in [0.1, 0.15) is 5.52 Å². The monoisotopic (exact) mass is 393 g/mol. The molecule has 0 bridgehead atoms. The topological polar surface area (TPSA) is 77.2 Å². The van der Waals surface area contributed by atoms with Crippen LogP contribution in [0.4, 0.5) is 0 Å². The number of aliphatic hydroxyl groups is 1. The Morgan fingerprint density at radius 2 is 2.23 bits per heavy atom. The number of methoxy groups -OCH3 is 1. The van der Waals surface area contributed by atoms with Gasteiger partial charge in [0.15, 0.2) is 0 Å². The summed E-state index contributed by atoms with van der Waals surface area (Å²) in [4.78, 5) is 12.9. The number of carbonyl (C=O) groups is 1. The number of aryl methyl sites for hydroxylation is 2. The van der Waals surface area contributed by atoms with Crippen LogP contribution in [0.2, 0.25) is 4.34 Å². The van der Waals surface area contributed by atoms with Gasteiger partial charge < -0.3 is 9.84 Å². The van der Waals surface area contributed by atoms with E-state index in [1.165, 1.54) is 18.4 Å². The lowest BCUT2D eigenvalue weighted by Gasteiger charge is -2.17. The van der Waals surface area contributed by atoms with Gasteiger partial charge in [-0.15, -0.1) is 16.4 Å². The van der Waals surface area contributed by atoms with Crippen molar-refractivity contribution in [1.82, 2.24) is 15.0 Å². The van der Waals surface area contributed by atoms with E-state index in [0.29, 0.717) is 9.90 Å². The van der Waals surface area contributed by atoms with E-state index in [4.69, 9.17) is 16.3 Å². The molecule has 0 saturated heterocycles. The van der Waals surface area contributed by atoms with Gasteiger partial charge in [0.2, 0.25) is 0 Å². The number of esters is 1. The van der Waals surface area contributed by atoms with Crippen LogP contribution in [0.5, 0.6) is 0 Å². The van der Waals surface area contributed by atoms with Crippen molar-refractivity contribution >= 4 is 39.9 Å². The van der Waals surface area contributed by atoms with Gasteiger partial charge in [-0.3, -0.25) is 4.79 Å². The fourth-order valence-electron chi connectivity index (χ4n) is 3.11. The molecule has 0 aliphatic heterocycles. The fourth-order valence-corrected chi connectivity index (χ4v) is 4.51. The SMILES string of the molecule is CCn1nnc2c(C)c([C@@H](CC(=O)OC)c3cc(CO)c(Cl)s3)ccc21. The highest BCUT2D eigenvalue weighted by Crippen LogP contribution is 2.40. The minimum atomic E-state index is -0.304. The zero-order valence-electron chi connectivity index (χ0n) is 14.8. The number of halogens is 1. The molecule has 1 atom stereocenters. The Morgan fingerprint density at radius 1 is 1.46 bits per heavy atom. The van der Waals surface area contributed by atoms with Crippen LogP contribution >= 0.6 is 22.9 Å². The molecule has 1 aromatic carbocycles. The Bertz CT molecular complexity index is 951. The van der Waals surface area contributed by atoms with Crippen LogP contribution in [0.1, 0.15) is 40.8 Å². The average molecular weight is 394 g/mol. The summed E-state index contributed by atoms with van der Waals surface area (Å²) in [6.45, 7) is 4.60. The summed E-state index contributed by atoms with van der Waals surface area (Å²) >= 11 is 7.60. The summed E-state index contributed by atoms with van der Waals surface area (Å²) in [6.07, 6.45) is 0.187. The minimum Gasteiger partial charge on any atom is -0.469 e. The predicted molar refractivity (Wildman–Crippen MR) is 102 cm³/mol. The summed E-state index contributed by atoms with van der Waals surface area (Å²) in [5, 5.41) is 17.9. The molecule has 1 N–H and O–H groups in total. The lowest BCUT2D eigenvalue weighted by atomic mass is 9.89. The molecule has 0 aliphatic rings. The number of hydrogen-bond donors (Lipinski definition) is 1. The third-order valence-electron chi connectivity index (χ3n) is 4.55. The van der Waals surface area contributed by atoms with Crippen LogP contribution in [0, 0.1) is 6.92 Å². The number of aliphatic hydroxyl groups excluding tert-OH is 1. The Morgan fingerprint density at radius 3 is 2.85 bits per heavy atom. The third-order valence-corrected chi connectivity index (χ3v) is 6.10. The molecule has 0 unspecified atom stereocenters. The quantitative estimate of drug-likeness (QED) is 0.646. The maximum absolute atomic E-state index is 12.0. The highest BCUT2D eigenvalue weighted by atomic mass is 35.5. The molecule has 0 amide bonds. The summed E-state index contributed by atoms with van der Waals surface area (Å²) in [5.41, 5.74) is 4.41. The molecule has 26 heavy (non-hydrogen) atoms. The fraction of sp³-hybridized carbons (Fsp3) is 0.389. The number of nitrogens with zero attached hydrogens (tertiary/aromatic N) is 3. The van der Waals surface area contributed by atoms with E-state index >= 15 is 0 Å². The van der Waals surface area contributed by atoms with Crippen LogP contribution in [-0.2, 0) is 22.7 Å². The van der Waals surface area contributed by atoms with Gasteiger partial charge in [-0.05, 0) is 37.1 Å². The van der Waals surface area contributed by atoms with Crippen LogP contribution in [-0.4, -0.2) is 33.2 Å². The van der Waals surface area contributed by atoms with Gasteiger partial charge in [-0.1, -0.05) is 22.9 Å². The van der Waals surface area contributed by atoms with E-state index in [9.17, 15) is 9.90 Å². The molecule has 2 aromatic heterocycles. The van der Waals surface area contributed by atoms with E-state index in [2.05, 4.69) is 10.3 Å². The van der Waals surface area contributed by atoms with Crippen molar-refractivity contribution in [3.8, 4) is 0 Å². The average Bonchev–Trinajstić information content (AvgIpc) is 3.23. The Kier molecular flexibility index (Phi) is 5.60. The van der Waals surface area contributed by atoms with Gasteiger partial charge in [0.05, 0.1) is 30.0 Å². The number of benzene rings is 1. The van der Waals surface area contributed by atoms with Gasteiger partial charge >= 0.3 is 5.97 Å². The van der Waals surface area contributed by atoms with Crippen LogP contribution in [0.25, 0.3) is 11.0 Å². The summed E-state index contributed by atoms with van der Waals surface area (Å²) in [6, 6.07) is 5.84. The lowest BCUT2D eigenvalue weighted by Crippen LogP contribution is -2.10. The lowest BCUT2D eigenvalue weighted by molar-refractivity contribution is -0.140. The maximum atomic E-state index is 12.0. The molecule has 138 valence electrons. The third kappa shape index (κ3) is 3.34. The van der Waals surface area contributed by atoms with E-state index in [1.54, 1.807) is 0 Å². The predicted octanol–water partition coefficient (Wildman–Crippen LogP) is 3.66. The summed E-state index contributed by atoms with van der Waals surface area (Å²) in [5.74, 6) is -0.525. The first-order valence-corrected chi connectivity index (χ1v) is 9.48. The van der Waals surface area contributed by atoms with E-state index in [-0.39, 0.29) is 24.9 Å². The molecule has 2 heterocycles. The molecule has 0 radical (unpaired) electrons. The molecule has 3 rings (SSSR count). The van der Waals surface area contributed by atoms with E-state index in [1.807, 2.05) is 36.7 Å². The molecule has 0 aliphatic carbocycles. The number of thiophene rings is 1. The highest BCUT2D eigenvalue weighted by molar-refractivity contribution is 7.16. The molecule has 3 aromatic rings. The summed E-state index contributed by atoms with van der Waals surface area (Å²) in [7, 11) is 1.38.